The van der Waals surface area contributed by atoms with Crippen LogP contribution in [0.15, 0.2) is 23.1 Å². The molecular weight excluding hydrogens is 350 g/mol. The van der Waals surface area contributed by atoms with Crippen LogP contribution in [0, 0.1) is 0 Å². The minimum Gasteiger partial charge on any atom is -0.486 e. The van der Waals surface area contributed by atoms with E-state index in [1.807, 2.05) is 18.2 Å². The molecule has 3 rings (SSSR count). The molecule has 0 saturated carbocycles. The second kappa shape index (κ2) is 7.23. The van der Waals surface area contributed by atoms with E-state index in [0.717, 1.165) is 5.56 Å². The van der Waals surface area contributed by atoms with E-state index >= 15 is 0 Å². The Morgan fingerprint density at radius 1 is 1.33 bits per heavy atom. The van der Waals surface area contributed by atoms with Gasteiger partial charge in [-0.05, 0) is 30.2 Å². The lowest BCUT2D eigenvalue weighted by Gasteiger charge is -2.18. The topological polar surface area (TPSA) is 76.1 Å². The van der Waals surface area contributed by atoms with Gasteiger partial charge in [0.25, 0.3) is 5.91 Å². The molecule has 0 radical (unpaired) electrons. The molecule has 0 aromatic heterocycles. The normalized spacial score (nSPS) is 18.3. The summed E-state index contributed by atoms with van der Waals surface area (Å²) in [6.07, 6.45) is 2.14. The van der Waals surface area contributed by atoms with Crippen LogP contribution in [0.25, 0.3) is 6.08 Å². The summed E-state index contributed by atoms with van der Waals surface area (Å²) in [5, 5.41) is 8.69. The molecule has 0 aliphatic carbocycles. The zero-order valence-corrected chi connectivity index (χ0v) is 14.3. The molecule has 126 valence electrons. The highest BCUT2D eigenvalue weighted by molar-refractivity contribution is 8.26. The molecule has 1 saturated heterocycles. The first kappa shape index (κ1) is 16.8. The lowest BCUT2D eigenvalue weighted by atomic mass is 10.1. The third-order valence-electron chi connectivity index (χ3n) is 3.51. The first-order valence-corrected chi connectivity index (χ1v) is 8.64. The molecule has 0 spiro atoms. The Morgan fingerprint density at radius 3 is 2.83 bits per heavy atom. The van der Waals surface area contributed by atoms with Crippen molar-refractivity contribution >= 4 is 46.3 Å². The standard InChI is InChI=1S/C16H15NO5S2/c18-14(19)2-1-5-17-15(20)13(24-16(17)23)9-10-3-4-11-12(8-10)22-7-6-21-11/h3-4,8-9H,1-2,5-7H2,(H,18,19). The summed E-state index contributed by atoms with van der Waals surface area (Å²) in [7, 11) is 0. The van der Waals surface area contributed by atoms with Gasteiger partial charge in [-0.1, -0.05) is 30.0 Å². The molecule has 0 bridgehead atoms. The van der Waals surface area contributed by atoms with Crippen molar-refractivity contribution in [3.05, 3.63) is 28.7 Å². The van der Waals surface area contributed by atoms with Crippen LogP contribution in [0.3, 0.4) is 0 Å². The minimum absolute atomic E-state index is 0.0122. The van der Waals surface area contributed by atoms with Crippen molar-refractivity contribution in [2.75, 3.05) is 19.8 Å². The van der Waals surface area contributed by atoms with Gasteiger partial charge in [-0.25, -0.2) is 0 Å². The Bertz CT molecular complexity index is 731. The largest absolute Gasteiger partial charge is 0.486 e. The van der Waals surface area contributed by atoms with Crippen LogP contribution >= 0.6 is 24.0 Å². The number of carbonyl (C=O) groups is 2. The monoisotopic (exact) mass is 365 g/mol. The fourth-order valence-electron chi connectivity index (χ4n) is 2.38. The maximum absolute atomic E-state index is 12.4. The molecule has 0 atom stereocenters. The summed E-state index contributed by atoms with van der Waals surface area (Å²) >= 11 is 6.44. The first-order chi connectivity index (χ1) is 11.5. The van der Waals surface area contributed by atoms with Gasteiger partial charge < -0.3 is 14.6 Å². The fraction of sp³-hybridized carbons (Fsp3) is 0.312. The highest BCUT2D eigenvalue weighted by Crippen LogP contribution is 2.35. The number of carbonyl (C=O) groups excluding carboxylic acids is 1. The summed E-state index contributed by atoms with van der Waals surface area (Å²) in [4.78, 5) is 25.0. The van der Waals surface area contributed by atoms with Gasteiger partial charge in [0, 0.05) is 13.0 Å². The Labute approximate surface area is 148 Å². The summed E-state index contributed by atoms with van der Waals surface area (Å²) in [5.74, 6) is 0.282. The minimum atomic E-state index is -0.882. The number of hydrogen-bond acceptors (Lipinski definition) is 6. The number of rotatable bonds is 5. The van der Waals surface area contributed by atoms with E-state index in [1.54, 1.807) is 6.08 Å². The van der Waals surface area contributed by atoms with E-state index in [2.05, 4.69) is 0 Å². The average Bonchev–Trinajstić information content (AvgIpc) is 2.82. The van der Waals surface area contributed by atoms with Gasteiger partial charge in [-0.15, -0.1) is 0 Å². The van der Waals surface area contributed by atoms with Gasteiger partial charge >= 0.3 is 5.97 Å². The van der Waals surface area contributed by atoms with Crippen molar-refractivity contribution < 1.29 is 24.2 Å². The number of thioether (sulfide) groups is 1. The summed E-state index contributed by atoms with van der Waals surface area (Å²) in [6, 6.07) is 5.49. The number of amides is 1. The smallest absolute Gasteiger partial charge is 0.303 e. The summed E-state index contributed by atoms with van der Waals surface area (Å²) < 4.78 is 11.5. The average molecular weight is 365 g/mol. The van der Waals surface area contributed by atoms with Crippen LogP contribution in [0.4, 0.5) is 0 Å². The number of nitrogens with zero attached hydrogens (tertiary/aromatic N) is 1. The number of ether oxygens (including phenoxy) is 2. The number of hydrogen-bond donors (Lipinski definition) is 1. The highest BCUT2D eigenvalue weighted by Gasteiger charge is 2.31. The first-order valence-electron chi connectivity index (χ1n) is 7.41. The predicted molar refractivity (Wildman–Crippen MR) is 94.2 cm³/mol. The fourth-order valence-corrected chi connectivity index (χ4v) is 3.69. The van der Waals surface area contributed by atoms with E-state index in [1.165, 1.54) is 16.7 Å². The van der Waals surface area contributed by atoms with Crippen molar-refractivity contribution in [3.8, 4) is 11.5 Å². The summed E-state index contributed by atoms with van der Waals surface area (Å²) in [5.41, 5.74) is 0.824. The molecule has 1 N–H and O–H groups in total. The molecule has 1 amide bonds. The number of benzene rings is 1. The maximum Gasteiger partial charge on any atom is 0.303 e. The molecule has 0 unspecified atom stereocenters. The van der Waals surface area contributed by atoms with Crippen LogP contribution in [0.2, 0.25) is 0 Å². The molecule has 8 heteroatoms. The zero-order chi connectivity index (χ0) is 17.1. The molecule has 6 nitrogen and oxygen atoms in total. The van der Waals surface area contributed by atoms with E-state index in [-0.39, 0.29) is 12.3 Å². The number of fused-ring (bicyclic) bond motifs is 1. The van der Waals surface area contributed by atoms with Gasteiger partial charge in [0.2, 0.25) is 0 Å². The van der Waals surface area contributed by atoms with Gasteiger partial charge in [-0.2, -0.15) is 0 Å². The van der Waals surface area contributed by atoms with Crippen molar-refractivity contribution in [1.29, 1.82) is 0 Å². The third kappa shape index (κ3) is 3.70. The van der Waals surface area contributed by atoms with Crippen molar-refractivity contribution in [2.24, 2.45) is 0 Å². The van der Waals surface area contributed by atoms with E-state index < -0.39 is 5.97 Å². The summed E-state index contributed by atoms with van der Waals surface area (Å²) in [6.45, 7) is 1.35. The molecule has 2 aliphatic heterocycles. The highest BCUT2D eigenvalue weighted by atomic mass is 32.2. The zero-order valence-electron chi connectivity index (χ0n) is 12.7. The SMILES string of the molecule is O=C(O)CCCN1C(=O)C(=Cc2ccc3c(c2)OCCO3)SC1=S. The van der Waals surface area contributed by atoms with Gasteiger partial charge in [0.1, 0.15) is 17.5 Å². The quantitative estimate of drug-likeness (QED) is 0.635. The van der Waals surface area contributed by atoms with Crippen molar-refractivity contribution in [2.45, 2.75) is 12.8 Å². The Kier molecular flexibility index (Phi) is 5.06. The third-order valence-corrected chi connectivity index (χ3v) is 4.89. The number of carboxylic acid groups (broad SMARTS) is 1. The Hall–Kier alpha value is -2.06. The van der Waals surface area contributed by atoms with Crippen molar-refractivity contribution in [3.63, 3.8) is 0 Å². The van der Waals surface area contributed by atoms with Crippen LogP contribution in [0.1, 0.15) is 18.4 Å². The van der Waals surface area contributed by atoms with E-state index in [9.17, 15) is 9.59 Å². The van der Waals surface area contributed by atoms with Gasteiger partial charge in [-0.3, -0.25) is 14.5 Å². The number of thiocarbonyl (C=S) groups is 1. The van der Waals surface area contributed by atoms with E-state index in [4.69, 9.17) is 26.8 Å². The molecule has 2 heterocycles. The lowest BCUT2D eigenvalue weighted by molar-refractivity contribution is -0.137. The van der Waals surface area contributed by atoms with Crippen LogP contribution in [-0.4, -0.2) is 46.0 Å². The van der Waals surface area contributed by atoms with Crippen LogP contribution in [-0.2, 0) is 9.59 Å². The van der Waals surface area contributed by atoms with Crippen LogP contribution in [0.5, 0.6) is 11.5 Å². The second-order valence-electron chi connectivity index (χ2n) is 5.23. The second-order valence-corrected chi connectivity index (χ2v) is 6.91. The molecular formula is C16H15NO5S2. The lowest BCUT2D eigenvalue weighted by Crippen LogP contribution is -2.29. The van der Waals surface area contributed by atoms with E-state index in [0.29, 0.717) is 46.9 Å². The number of aliphatic carboxylic acids is 1. The number of carboxylic acids is 1. The maximum atomic E-state index is 12.4. The molecule has 1 aromatic rings. The van der Waals surface area contributed by atoms with Crippen molar-refractivity contribution in [1.82, 2.24) is 4.90 Å². The molecule has 24 heavy (non-hydrogen) atoms. The van der Waals surface area contributed by atoms with Gasteiger partial charge in [0.15, 0.2) is 11.5 Å². The Morgan fingerprint density at radius 2 is 2.08 bits per heavy atom. The predicted octanol–water partition coefficient (Wildman–Crippen LogP) is 2.52. The molecule has 1 aromatic carbocycles. The molecule has 2 aliphatic rings. The van der Waals surface area contributed by atoms with Gasteiger partial charge in [0.05, 0.1) is 4.91 Å². The Balaban J connectivity index is 1.72. The van der Waals surface area contributed by atoms with Crippen LogP contribution < -0.4 is 9.47 Å². The molecule has 1 fully saturated rings.